The Labute approximate surface area is 140 Å². The summed E-state index contributed by atoms with van der Waals surface area (Å²) in [5.74, 6) is -1.07. The molecule has 0 atom stereocenters. The summed E-state index contributed by atoms with van der Waals surface area (Å²) in [5.41, 5.74) is -0.00257. The summed E-state index contributed by atoms with van der Waals surface area (Å²) in [7, 11) is 0. The van der Waals surface area contributed by atoms with Gasteiger partial charge in [0.1, 0.15) is 11.4 Å². The number of hydrogen-bond acceptors (Lipinski definition) is 7. The molecule has 0 spiro atoms. The molecule has 3 rings (SSSR count). The lowest BCUT2D eigenvalue weighted by Gasteiger charge is -2.02. The number of hydrogen-bond donors (Lipinski definition) is 0. The molecule has 0 N–H and O–H groups in total. The zero-order valence-corrected chi connectivity index (χ0v) is 12.6. The third-order valence-electron chi connectivity index (χ3n) is 3.22. The number of aromatic nitrogens is 2. The van der Waals surface area contributed by atoms with Gasteiger partial charge in [0.2, 0.25) is 5.82 Å². The molecule has 0 unspecified atom stereocenters. The monoisotopic (exact) mass is 343 g/mol. The quantitative estimate of drug-likeness (QED) is 0.398. The lowest BCUT2D eigenvalue weighted by atomic mass is 10.2. The van der Waals surface area contributed by atoms with Crippen LogP contribution in [0.3, 0.4) is 0 Å². The third-order valence-corrected chi connectivity index (χ3v) is 3.22. The standard InChI is InChI=1S/C16H10FN3O5/c17-11-7-5-10(6-8-11)15-18-14(25-19-15)9-24-16(21)12-3-1-2-4-13(12)20(22)23/h1-8H,9H2. The maximum atomic E-state index is 12.9. The molecule has 0 amide bonds. The molecule has 0 aliphatic heterocycles. The van der Waals surface area contributed by atoms with Crippen molar-refractivity contribution in [1.82, 2.24) is 10.1 Å². The van der Waals surface area contributed by atoms with Crippen LogP contribution in [-0.4, -0.2) is 21.0 Å². The van der Waals surface area contributed by atoms with Crippen LogP contribution in [0.2, 0.25) is 0 Å². The fraction of sp³-hybridized carbons (Fsp3) is 0.0625. The van der Waals surface area contributed by atoms with Gasteiger partial charge in [0.25, 0.3) is 11.6 Å². The number of benzene rings is 2. The molecular formula is C16H10FN3O5. The van der Waals surface area contributed by atoms with E-state index in [1.165, 1.54) is 48.5 Å². The smallest absolute Gasteiger partial charge is 0.345 e. The molecule has 0 aliphatic rings. The van der Waals surface area contributed by atoms with Crippen LogP contribution in [0.25, 0.3) is 11.4 Å². The van der Waals surface area contributed by atoms with Gasteiger partial charge in [0.15, 0.2) is 6.61 Å². The maximum absolute atomic E-state index is 12.9. The predicted molar refractivity (Wildman–Crippen MR) is 81.9 cm³/mol. The minimum atomic E-state index is -0.881. The van der Waals surface area contributed by atoms with Crippen molar-refractivity contribution in [2.45, 2.75) is 6.61 Å². The Morgan fingerprint density at radius 3 is 2.64 bits per heavy atom. The van der Waals surface area contributed by atoms with Crippen LogP contribution in [0.4, 0.5) is 10.1 Å². The van der Waals surface area contributed by atoms with Gasteiger partial charge in [-0.2, -0.15) is 4.98 Å². The van der Waals surface area contributed by atoms with Crippen molar-refractivity contribution in [3.05, 3.63) is 75.9 Å². The second kappa shape index (κ2) is 6.87. The molecule has 0 fully saturated rings. The van der Waals surface area contributed by atoms with E-state index in [2.05, 4.69) is 10.1 Å². The van der Waals surface area contributed by atoms with Crippen molar-refractivity contribution in [3.8, 4) is 11.4 Å². The van der Waals surface area contributed by atoms with Crippen molar-refractivity contribution in [1.29, 1.82) is 0 Å². The number of nitrogens with zero attached hydrogens (tertiary/aromatic N) is 3. The van der Waals surface area contributed by atoms with Gasteiger partial charge >= 0.3 is 5.97 Å². The number of nitro groups is 1. The summed E-state index contributed by atoms with van der Waals surface area (Å²) in [5, 5.41) is 14.6. The third kappa shape index (κ3) is 3.66. The maximum Gasteiger partial charge on any atom is 0.345 e. The van der Waals surface area contributed by atoms with Crippen molar-refractivity contribution >= 4 is 11.7 Å². The Balaban J connectivity index is 1.69. The van der Waals surface area contributed by atoms with Gasteiger partial charge in [-0.25, -0.2) is 9.18 Å². The van der Waals surface area contributed by atoms with Crippen LogP contribution in [0.1, 0.15) is 16.2 Å². The van der Waals surface area contributed by atoms with Gasteiger partial charge in [-0.05, 0) is 30.3 Å². The molecule has 126 valence electrons. The normalized spacial score (nSPS) is 10.4. The average molecular weight is 343 g/mol. The Bertz CT molecular complexity index is 924. The zero-order valence-electron chi connectivity index (χ0n) is 12.6. The first-order valence-electron chi connectivity index (χ1n) is 7.03. The van der Waals surface area contributed by atoms with E-state index in [0.717, 1.165) is 0 Å². The Morgan fingerprint density at radius 2 is 1.92 bits per heavy atom. The number of nitro benzene ring substituents is 1. The first-order valence-corrected chi connectivity index (χ1v) is 7.03. The fourth-order valence-electron chi connectivity index (χ4n) is 2.04. The number of halogens is 1. The molecule has 9 heteroatoms. The molecule has 1 heterocycles. The van der Waals surface area contributed by atoms with E-state index in [0.29, 0.717) is 5.56 Å². The summed E-state index contributed by atoms with van der Waals surface area (Å²) >= 11 is 0. The van der Waals surface area contributed by atoms with E-state index in [1.54, 1.807) is 0 Å². The molecular weight excluding hydrogens is 333 g/mol. The van der Waals surface area contributed by atoms with Gasteiger partial charge in [-0.15, -0.1) is 0 Å². The zero-order chi connectivity index (χ0) is 17.8. The highest BCUT2D eigenvalue weighted by Crippen LogP contribution is 2.20. The van der Waals surface area contributed by atoms with Gasteiger partial charge in [-0.3, -0.25) is 10.1 Å². The highest BCUT2D eigenvalue weighted by molar-refractivity contribution is 5.93. The predicted octanol–water partition coefficient (Wildman–Crippen LogP) is 3.14. The summed E-state index contributed by atoms with van der Waals surface area (Å²) in [6, 6.07) is 10.9. The van der Waals surface area contributed by atoms with E-state index in [1.807, 2.05) is 0 Å². The number of carbonyl (C=O) groups excluding carboxylic acids is 1. The second-order valence-corrected chi connectivity index (χ2v) is 4.87. The Hall–Kier alpha value is -3.62. The first-order chi connectivity index (χ1) is 12.0. The molecule has 8 nitrogen and oxygen atoms in total. The largest absolute Gasteiger partial charge is 0.452 e. The van der Waals surface area contributed by atoms with Crippen molar-refractivity contribution in [2.24, 2.45) is 0 Å². The van der Waals surface area contributed by atoms with Crippen molar-refractivity contribution < 1.29 is 23.4 Å². The Kier molecular flexibility index (Phi) is 4.46. The first kappa shape index (κ1) is 16.2. The van der Waals surface area contributed by atoms with Gasteiger partial charge < -0.3 is 9.26 Å². The molecule has 2 aromatic carbocycles. The molecule has 0 saturated carbocycles. The summed E-state index contributed by atoms with van der Waals surface area (Å²) in [6.07, 6.45) is 0. The minimum Gasteiger partial charge on any atom is -0.452 e. The molecule has 3 aromatic rings. The number of carbonyl (C=O) groups is 1. The lowest BCUT2D eigenvalue weighted by molar-refractivity contribution is -0.385. The van der Waals surface area contributed by atoms with Gasteiger partial charge in [0.05, 0.1) is 4.92 Å². The lowest BCUT2D eigenvalue weighted by Crippen LogP contribution is -2.08. The fourth-order valence-corrected chi connectivity index (χ4v) is 2.04. The van der Waals surface area contributed by atoms with Gasteiger partial charge in [0, 0.05) is 11.6 Å². The van der Waals surface area contributed by atoms with Gasteiger partial charge in [-0.1, -0.05) is 17.3 Å². The number of ether oxygens (including phenoxy) is 1. The summed E-state index contributed by atoms with van der Waals surface area (Å²) in [6.45, 7) is -0.348. The molecule has 0 bridgehead atoms. The molecule has 0 saturated heterocycles. The topological polar surface area (TPSA) is 108 Å². The number of esters is 1. The number of rotatable bonds is 5. The summed E-state index contributed by atoms with van der Waals surface area (Å²) < 4.78 is 22.8. The average Bonchev–Trinajstić information content (AvgIpc) is 3.09. The molecule has 0 radical (unpaired) electrons. The van der Waals surface area contributed by atoms with E-state index in [4.69, 9.17) is 9.26 Å². The van der Waals surface area contributed by atoms with E-state index < -0.39 is 16.7 Å². The Morgan fingerprint density at radius 1 is 1.20 bits per heavy atom. The molecule has 0 aliphatic carbocycles. The van der Waals surface area contributed by atoms with Crippen molar-refractivity contribution in [3.63, 3.8) is 0 Å². The molecule has 25 heavy (non-hydrogen) atoms. The minimum absolute atomic E-state index is 0.00580. The number of para-hydroxylation sites is 1. The highest BCUT2D eigenvalue weighted by atomic mass is 19.1. The molecule has 1 aromatic heterocycles. The van der Waals surface area contributed by atoms with Crippen LogP contribution < -0.4 is 0 Å². The van der Waals surface area contributed by atoms with Crippen LogP contribution in [0, 0.1) is 15.9 Å². The van der Waals surface area contributed by atoms with E-state index >= 15 is 0 Å². The summed E-state index contributed by atoms with van der Waals surface area (Å²) in [4.78, 5) is 26.3. The highest BCUT2D eigenvalue weighted by Gasteiger charge is 2.21. The van der Waals surface area contributed by atoms with Crippen LogP contribution >= 0.6 is 0 Å². The van der Waals surface area contributed by atoms with Crippen molar-refractivity contribution in [2.75, 3.05) is 0 Å². The van der Waals surface area contributed by atoms with E-state index in [-0.39, 0.29) is 29.6 Å². The van der Waals surface area contributed by atoms with Crippen LogP contribution in [0.15, 0.2) is 53.1 Å². The van der Waals surface area contributed by atoms with Crippen LogP contribution in [0.5, 0.6) is 0 Å². The second-order valence-electron chi connectivity index (χ2n) is 4.87. The SMILES string of the molecule is O=C(OCc1nc(-c2ccc(F)cc2)no1)c1ccccc1[N+](=O)[O-]. The van der Waals surface area contributed by atoms with E-state index in [9.17, 15) is 19.3 Å². The van der Waals surface area contributed by atoms with Crippen LogP contribution in [-0.2, 0) is 11.3 Å².